The standard InChI is InChI=1S/C16H18N2O/c1-11-8-12(17)10-13(9-11)18-15-6-7-19-16-5-3-2-4-14(15)16/h2-5,8-10,15,18H,6-7,17H2,1H3. The average Bonchev–Trinajstić information content (AvgIpc) is 2.38. The highest BCUT2D eigenvalue weighted by molar-refractivity contribution is 5.58. The van der Waals surface area contributed by atoms with E-state index in [0.29, 0.717) is 0 Å². The Hall–Kier alpha value is -2.16. The van der Waals surface area contributed by atoms with Gasteiger partial charge in [0.1, 0.15) is 5.75 Å². The molecule has 19 heavy (non-hydrogen) atoms. The molecule has 3 N–H and O–H groups in total. The van der Waals surface area contributed by atoms with Gasteiger partial charge in [0, 0.05) is 23.4 Å². The zero-order valence-electron chi connectivity index (χ0n) is 11.0. The molecule has 0 spiro atoms. The minimum absolute atomic E-state index is 0.283. The molecule has 0 aliphatic carbocycles. The quantitative estimate of drug-likeness (QED) is 0.806. The second kappa shape index (κ2) is 4.84. The lowest BCUT2D eigenvalue weighted by Crippen LogP contribution is -2.20. The first kappa shape index (κ1) is 11.9. The first-order valence-electron chi connectivity index (χ1n) is 6.58. The molecule has 1 unspecified atom stereocenters. The first-order valence-corrected chi connectivity index (χ1v) is 6.58. The van der Waals surface area contributed by atoms with Gasteiger partial charge in [-0.05, 0) is 36.8 Å². The zero-order chi connectivity index (χ0) is 13.2. The van der Waals surface area contributed by atoms with Crippen molar-refractivity contribution in [1.82, 2.24) is 0 Å². The second-order valence-corrected chi connectivity index (χ2v) is 5.00. The summed E-state index contributed by atoms with van der Waals surface area (Å²) < 4.78 is 5.67. The molecule has 2 aromatic rings. The van der Waals surface area contributed by atoms with E-state index in [1.165, 1.54) is 11.1 Å². The fourth-order valence-corrected chi connectivity index (χ4v) is 2.59. The maximum Gasteiger partial charge on any atom is 0.124 e. The SMILES string of the molecule is Cc1cc(N)cc(NC2CCOc3ccccc32)c1. The monoisotopic (exact) mass is 254 g/mol. The van der Waals surface area contributed by atoms with Crippen LogP contribution in [0.5, 0.6) is 5.75 Å². The molecular formula is C16H18N2O. The van der Waals surface area contributed by atoms with Gasteiger partial charge in [0.2, 0.25) is 0 Å². The highest BCUT2D eigenvalue weighted by Crippen LogP contribution is 2.34. The Labute approximate surface area is 113 Å². The second-order valence-electron chi connectivity index (χ2n) is 5.00. The first-order chi connectivity index (χ1) is 9.22. The lowest BCUT2D eigenvalue weighted by Gasteiger charge is -2.27. The van der Waals surface area contributed by atoms with Crippen molar-refractivity contribution in [2.45, 2.75) is 19.4 Å². The fraction of sp³-hybridized carbons (Fsp3) is 0.250. The van der Waals surface area contributed by atoms with Gasteiger partial charge in [0.15, 0.2) is 0 Å². The van der Waals surface area contributed by atoms with Gasteiger partial charge in [-0.2, -0.15) is 0 Å². The van der Waals surface area contributed by atoms with E-state index in [-0.39, 0.29) is 6.04 Å². The van der Waals surface area contributed by atoms with E-state index in [2.05, 4.69) is 24.4 Å². The molecule has 0 aromatic heterocycles. The minimum atomic E-state index is 0.283. The number of benzene rings is 2. The Balaban J connectivity index is 1.88. The predicted molar refractivity (Wildman–Crippen MR) is 78.5 cm³/mol. The van der Waals surface area contributed by atoms with Crippen LogP contribution in [0.4, 0.5) is 11.4 Å². The number of aryl methyl sites for hydroxylation is 1. The van der Waals surface area contributed by atoms with Crippen molar-refractivity contribution in [3.8, 4) is 5.75 Å². The molecule has 0 saturated heterocycles. The van der Waals surface area contributed by atoms with Gasteiger partial charge in [-0.25, -0.2) is 0 Å². The van der Waals surface area contributed by atoms with Gasteiger partial charge in [-0.15, -0.1) is 0 Å². The highest BCUT2D eigenvalue weighted by atomic mass is 16.5. The zero-order valence-corrected chi connectivity index (χ0v) is 11.0. The van der Waals surface area contributed by atoms with Crippen LogP contribution in [0, 0.1) is 6.92 Å². The molecular weight excluding hydrogens is 236 g/mol. The Morgan fingerprint density at radius 3 is 2.89 bits per heavy atom. The van der Waals surface area contributed by atoms with Crippen LogP contribution in [-0.4, -0.2) is 6.61 Å². The highest BCUT2D eigenvalue weighted by Gasteiger charge is 2.20. The summed E-state index contributed by atoms with van der Waals surface area (Å²) in [6.07, 6.45) is 0.963. The van der Waals surface area contributed by atoms with Crippen LogP contribution in [0.2, 0.25) is 0 Å². The predicted octanol–water partition coefficient (Wildman–Crippen LogP) is 3.51. The lowest BCUT2D eigenvalue weighted by molar-refractivity contribution is 0.274. The summed E-state index contributed by atoms with van der Waals surface area (Å²) in [6.45, 7) is 2.80. The van der Waals surface area contributed by atoms with E-state index < -0.39 is 0 Å². The van der Waals surface area contributed by atoms with Crippen molar-refractivity contribution in [2.24, 2.45) is 0 Å². The molecule has 98 valence electrons. The third-order valence-corrected chi connectivity index (χ3v) is 3.40. The van der Waals surface area contributed by atoms with Crippen molar-refractivity contribution >= 4 is 11.4 Å². The summed E-state index contributed by atoms with van der Waals surface area (Å²) >= 11 is 0. The lowest BCUT2D eigenvalue weighted by atomic mass is 10.00. The van der Waals surface area contributed by atoms with Gasteiger partial charge in [-0.3, -0.25) is 0 Å². The summed E-state index contributed by atoms with van der Waals surface area (Å²) in [6, 6.07) is 14.5. The Bertz CT molecular complexity index is 575. The van der Waals surface area contributed by atoms with Crippen LogP contribution in [0.25, 0.3) is 0 Å². The smallest absolute Gasteiger partial charge is 0.124 e. The maximum absolute atomic E-state index is 5.89. The Kier molecular flexibility index (Phi) is 3.03. The van der Waals surface area contributed by atoms with E-state index in [9.17, 15) is 0 Å². The molecule has 0 fully saturated rings. The van der Waals surface area contributed by atoms with Crippen molar-refractivity contribution in [3.63, 3.8) is 0 Å². The number of hydrogen-bond donors (Lipinski definition) is 2. The molecule has 3 nitrogen and oxygen atoms in total. The molecule has 3 heteroatoms. The topological polar surface area (TPSA) is 47.3 Å². The number of nitrogen functional groups attached to an aromatic ring is 1. The number of nitrogens with one attached hydrogen (secondary N) is 1. The van der Waals surface area contributed by atoms with E-state index in [1.54, 1.807) is 0 Å². The van der Waals surface area contributed by atoms with Crippen LogP contribution in [0.1, 0.15) is 23.6 Å². The number of rotatable bonds is 2. The van der Waals surface area contributed by atoms with Crippen molar-refractivity contribution in [3.05, 3.63) is 53.6 Å². The van der Waals surface area contributed by atoms with Crippen molar-refractivity contribution < 1.29 is 4.74 Å². The van der Waals surface area contributed by atoms with Crippen LogP contribution >= 0.6 is 0 Å². The van der Waals surface area contributed by atoms with Crippen molar-refractivity contribution in [2.75, 3.05) is 17.7 Å². The third-order valence-electron chi connectivity index (χ3n) is 3.40. The largest absolute Gasteiger partial charge is 0.493 e. The van der Waals surface area contributed by atoms with Gasteiger partial charge in [0.25, 0.3) is 0 Å². The molecule has 2 aromatic carbocycles. The van der Waals surface area contributed by atoms with E-state index in [1.807, 2.05) is 30.3 Å². The fourth-order valence-electron chi connectivity index (χ4n) is 2.59. The number of para-hydroxylation sites is 1. The van der Waals surface area contributed by atoms with Crippen LogP contribution < -0.4 is 15.8 Å². The average molecular weight is 254 g/mol. The van der Waals surface area contributed by atoms with E-state index in [0.717, 1.165) is 30.2 Å². The minimum Gasteiger partial charge on any atom is -0.493 e. The molecule has 1 aliphatic heterocycles. The molecule has 0 radical (unpaired) electrons. The van der Waals surface area contributed by atoms with E-state index >= 15 is 0 Å². The van der Waals surface area contributed by atoms with Gasteiger partial charge < -0.3 is 15.8 Å². The number of fused-ring (bicyclic) bond motifs is 1. The maximum atomic E-state index is 5.89. The molecule has 0 saturated carbocycles. The normalized spacial score (nSPS) is 17.4. The number of ether oxygens (including phenoxy) is 1. The molecule has 0 bridgehead atoms. The van der Waals surface area contributed by atoms with E-state index in [4.69, 9.17) is 10.5 Å². The van der Waals surface area contributed by atoms with Gasteiger partial charge in [0.05, 0.1) is 12.6 Å². The summed E-state index contributed by atoms with van der Waals surface area (Å²) in [5.74, 6) is 0.979. The summed E-state index contributed by atoms with van der Waals surface area (Å²) in [5.41, 5.74) is 10.1. The number of anilines is 2. The Morgan fingerprint density at radius 2 is 2.05 bits per heavy atom. The molecule has 0 amide bonds. The van der Waals surface area contributed by atoms with Gasteiger partial charge in [-0.1, -0.05) is 18.2 Å². The number of hydrogen-bond acceptors (Lipinski definition) is 3. The third kappa shape index (κ3) is 2.50. The summed E-state index contributed by atoms with van der Waals surface area (Å²) in [5, 5.41) is 3.56. The Morgan fingerprint density at radius 1 is 1.21 bits per heavy atom. The van der Waals surface area contributed by atoms with Crippen LogP contribution in [-0.2, 0) is 0 Å². The van der Waals surface area contributed by atoms with Gasteiger partial charge >= 0.3 is 0 Å². The molecule has 1 aliphatic rings. The van der Waals surface area contributed by atoms with Crippen LogP contribution in [0.15, 0.2) is 42.5 Å². The molecule has 1 heterocycles. The van der Waals surface area contributed by atoms with Crippen molar-refractivity contribution in [1.29, 1.82) is 0 Å². The summed E-state index contributed by atoms with van der Waals surface area (Å²) in [4.78, 5) is 0. The van der Waals surface area contributed by atoms with Crippen LogP contribution in [0.3, 0.4) is 0 Å². The number of nitrogens with two attached hydrogens (primary N) is 1. The molecule has 1 atom stereocenters. The summed E-state index contributed by atoms with van der Waals surface area (Å²) in [7, 11) is 0. The molecule has 3 rings (SSSR count).